The molecule has 0 N–H and O–H groups in total. The molecule has 0 bridgehead atoms. The van der Waals surface area contributed by atoms with Gasteiger partial charge in [-0.1, -0.05) is 30.4 Å². The number of carbonyl (C=O) groups is 2. The third-order valence-corrected chi connectivity index (χ3v) is 4.57. The maximum atomic E-state index is 12.8. The number of hydrogen-bond acceptors (Lipinski definition) is 3. The first-order valence-electron chi connectivity index (χ1n) is 7.27. The van der Waals surface area contributed by atoms with Crippen LogP contribution in [0, 0.1) is 17.8 Å². The van der Waals surface area contributed by atoms with Gasteiger partial charge in [0.15, 0.2) is 0 Å². The lowest BCUT2D eigenvalue weighted by Gasteiger charge is -2.29. The number of benzene rings is 1. The maximum absolute atomic E-state index is 12.8. The highest BCUT2D eigenvalue weighted by Gasteiger charge is 2.52. The number of para-hydroxylation sites is 1. The zero-order valence-electron chi connectivity index (χ0n) is 12.2. The van der Waals surface area contributed by atoms with E-state index in [-0.39, 0.29) is 35.7 Å². The number of fused-ring (bicyclic) bond motifs is 1. The lowest BCUT2D eigenvalue weighted by molar-refractivity contribution is -0.123. The van der Waals surface area contributed by atoms with Crippen molar-refractivity contribution >= 4 is 17.5 Å². The number of allylic oxidation sites excluding steroid dienone is 1. The highest BCUT2D eigenvalue weighted by molar-refractivity contribution is 6.22. The summed E-state index contributed by atoms with van der Waals surface area (Å²) in [5.41, 5.74) is 0.658. The van der Waals surface area contributed by atoms with Gasteiger partial charge in [0.2, 0.25) is 11.8 Å². The molecule has 0 aromatic heterocycles. The molecule has 0 unspecified atom stereocenters. The van der Waals surface area contributed by atoms with Crippen LogP contribution in [-0.2, 0) is 14.3 Å². The summed E-state index contributed by atoms with van der Waals surface area (Å²) < 4.78 is 5.39. The minimum absolute atomic E-state index is 0.0427. The van der Waals surface area contributed by atoms with Crippen molar-refractivity contribution in [2.24, 2.45) is 17.8 Å². The van der Waals surface area contributed by atoms with Crippen molar-refractivity contribution in [1.82, 2.24) is 0 Å². The Kier molecular flexibility index (Phi) is 3.64. The molecule has 1 aromatic carbocycles. The van der Waals surface area contributed by atoms with Crippen LogP contribution in [0.3, 0.4) is 0 Å². The second-order valence-electron chi connectivity index (χ2n) is 5.66. The van der Waals surface area contributed by atoms with E-state index in [0.717, 1.165) is 0 Å². The Labute approximate surface area is 124 Å². The molecular formula is C17H19NO3. The minimum atomic E-state index is -0.308. The van der Waals surface area contributed by atoms with E-state index in [0.29, 0.717) is 12.1 Å². The first-order valence-corrected chi connectivity index (χ1v) is 7.27. The Bertz CT molecular complexity index is 581. The fourth-order valence-corrected chi connectivity index (χ4v) is 3.37. The first kappa shape index (κ1) is 14.0. The van der Waals surface area contributed by atoms with Gasteiger partial charge >= 0.3 is 0 Å². The molecule has 0 spiro atoms. The summed E-state index contributed by atoms with van der Waals surface area (Å²) in [4.78, 5) is 26.8. The van der Waals surface area contributed by atoms with E-state index in [1.54, 1.807) is 19.2 Å². The van der Waals surface area contributed by atoms with E-state index in [1.165, 1.54) is 4.90 Å². The number of methoxy groups -OCH3 is 1. The molecule has 0 radical (unpaired) electrons. The highest BCUT2D eigenvalue weighted by atomic mass is 16.5. The molecule has 4 atom stereocenters. The van der Waals surface area contributed by atoms with Crippen LogP contribution >= 0.6 is 0 Å². The Balaban J connectivity index is 1.96. The summed E-state index contributed by atoms with van der Waals surface area (Å²) in [7, 11) is 1.64. The van der Waals surface area contributed by atoms with E-state index < -0.39 is 0 Å². The van der Waals surface area contributed by atoms with Gasteiger partial charge in [0.05, 0.1) is 23.6 Å². The van der Waals surface area contributed by atoms with Gasteiger partial charge in [-0.2, -0.15) is 0 Å². The molecule has 1 fully saturated rings. The summed E-state index contributed by atoms with van der Waals surface area (Å²) in [6, 6.07) is 9.15. The molecular weight excluding hydrogens is 266 g/mol. The van der Waals surface area contributed by atoms with Gasteiger partial charge < -0.3 is 4.74 Å². The van der Waals surface area contributed by atoms with Gasteiger partial charge in [0, 0.05) is 13.0 Å². The monoisotopic (exact) mass is 285 g/mol. The third-order valence-electron chi connectivity index (χ3n) is 4.57. The summed E-state index contributed by atoms with van der Waals surface area (Å²) in [5, 5.41) is 0. The molecule has 3 rings (SSSR count). The van der Waals surface area contributed by atoms with Crippen molar-refractivity contribution in [3.63, 3.8) is 0 Å². The molecule has 21 heavy (non-hydrogen) atoms. The van der Waals surface area contributed by atoms with Crippen LogP contribution in [0.1, 0.15) is 13.3 Å². The van der Waals surface area contributed by atoms with Crippen molar-refractivity contribution in [2.45, 2.75) is 19.4 Å². The zero-order valence-corrected chi connectivity index (χ0v) is 12.2. The summed E-state index contributed by atoms with van der Waals surface area (Å²) in [6.45, 7) is 1.94. The highest BCUT2D eigenvalue weighted by Crippen LogP contribution is 2.42. The number of anilines is 1. The molecule has 1 aliphatic carbocycles. The fraction of sp³-hybridized carbons (Fsp3) is 0.412. The number of carbonyl (C=O) groups excluding carboxylic acids is 2. The van der Waals surface area contributed by atoms with E-state index in [1.807, 2.05) is 37.3 Å². The van der Waals surface area contributed by atoms with Crippen LogP contribution in [-0.4, -0.2) is 25.0 Å². The van der Waals surface area contributed by atoms with Crippen LogP contribution in [0.15, 0.2) is 42.5 Å². The first-order chi connectivity index (χ1) is 10.1. The molecule has 110 valence electrons. The Morgan fingerprint density at radius 1 is 1.19 bits per heavy atom. The van der Waals surface area contributed by atoms with Crippen molar-refractivity contribution in [3.8, 4) is 0 Å². The molecule has 4 heteroatoms. The van der Waals surface area contributed by atoms with Crippen molar-refractivity contribution in [2.75, 3.05) is 12.0 Å². The number of amides is 2. The summed E-state index contributed by atoms with van der Waals surface area (Å²) in [6.07, 6.45) is 4.57. The van der Waals surface area contributed by atoms with Crippen LogP contribution in [0.25, 0.3) is 0 Å². The van der Waals surface area contributed by atoms with E-state index in [2.05, 4.69) is 0 Å². The van der Waals surface area contributed by atoms with Crippen LogP contribution in [0.2, 0.25) is 0 Å². The summed E-state index contributed by atoms with van der Waals surface area (Å²) >= 11 is 0. The predicted octanol–water partition coefficient (Wildman–Crippen LogP) is 2.40. The van der Waals surface area contributed by atoms with E-state index >= 15 is 0 Å². The largest absolute Gasteiger partial charge is 0.381 e. The predicted molar refractivity (Wildman–Crippen MR) is 79.6 cm³/mol. The number of imide groups is 1. The molecule has 1 heterocycles. The van der Waals surface area contributed by atoms with Crippen LogP contribution < -0.4 is 4.90 Å². The number of ether oxygens (including phenoxy) is 1. The molecule has 0 saturated carbocycles. The number of nitrogens with zero attached hydrogens (tertiary/aromatic N) is 1. The molecule has 1 saturated heterocycles. The van der Waals surface area contributed by atoms with Gasteiger partial charge in [0.1, 0.15) is 0 Å². The average molecular weight is 285 g/mol. The smallest absolute Gasteiger partial charge is 0.238 e. The quantitative estimate of drug-likeness (QED) is 0.633. The lowest BCUT2D eigenvalue weighted by Crippen LogP contribution is -2.36. The maximum Gasteiger partial charge on any atom is 0.238 e. The van der Waals surface area contributed by atoms with Gasteiger partial charge in [-0.3, -0.25) is 14.5 Å². The van der Waals surface area contributed by atoms with Crippen molar-refractivity contribution in [1.29, 1.82) is 0 Å². The molecule has 2 aliphatic rings. The molecule has 1 aromatic rings. The second-order valence-corrected chi connectivity index (χ2v) is 5.66. The zero-order chi connectivity index (χ0) is 15.0. The fourth-order valence-electron chi connectivity index (χ4n) is 3.37. The van der Waals surface area contributed by atoms with Crippen molar-refractivity contribution < 1.29 is 14.3 Å². The minimum Gasteiger partial charge on any atom is -0.381 e. The summed E-state index contributed by atoms with van der Waals surface area (Å²) in [5.74, 6) is -0.801. The topological polar surface area (TPSA) is 46.6 Å². The Hall–Kier alpha value is -1.94. The Morgan fingerprint density at radius 2 is 1.90 bits per heavy atom. The number of rotatable bonds is 3. The van der Waals surface area contributed by atoms with E-state index in [9.17, 15) is 9.59 Å². The molecule has 4 nitrogen and oxygen atoms in total. The van der Waals surface area contributed by atoms with Gasteiger partial charge in [-0.25, -0.2) is 0 Å². The third kappa shape index (κ3) is 2.20. The van der Waals surface area contributed by atoms with Gasteiger partial charge in [0.25, 0.3) is 0 Å². The standard InChI is InChI=1S/C17H19NO3/c1-11(21-2)13-9-6-10-14-15(13)17(20)18(16(14)19)12-7-4-3-5-8-12/h3-9,11,13-15H,10H2,1-2H3/t11-,13-,14-,15+/m1/s1. The Morgan fingerprint density at radius 3 is 2.57 bits per heavy atom. The average Bonchev–Trinajstić information content (AvgIpc) is 2.79. The van der Waals surface area contributed by atoms with Gasteiger partial charge in [-0.15, -0.1) is 0 Å². The normalized spacial score (nSPS) is 29.6. The van der Waals surface area contributed by atoms with Crippen LogP contribution in [0.4, 0.5) is 5.69 Å². The SMILES string of the molecule is CO[C@H](C)[C@H]1C=CC[C@H]2C(=O)N(c3ccccc3)C(=O)[C@@H]12. The van der Waals surface area contributed by atoms with E-state index in [4.69, 9.17) is 4.74 Å². The van der Waals surface area contributed by atoms with Gasteiger partial charge in [-0.05, 0) is 25.5 Å². The molecule has 1 aliphatic heterocycles. The second kappa shape index (κ2) is 5.45. The lowest BCUT2D eigenvalue weighted by atomic mass is 9.75. The number of hydrogen-bond donors (Lipinski definition) is 0. The van der Waals surface area contributed by atoms with Crippen molar-refractivity contribution in [3.05, 3.63) is 42.5 Å². The molecule has 2 amide bonds. The van der Waals surface area contributed by atoms with Crippen LogP contribution in [0.5, 0.6) is 0 Å².